The van der Waals surface area contributed by atoms with Crippen molar-refractivity contribution in [2.75, 3.05) is 26.3 Å². The molecule has 0 aromatic rings. The largest absolute Gasteiger partial charge is 0.411 e. The van der Waals surface area contributed by atoms with Crippen molar-refractivity contribution in [1.82, 2.24) is 4.90 Å². The van der Waals surface area contributed by atoms with Crippen molar-refractivity contribution >= 4 is 5.91 Å². The molecule has 1 rings (SSSR count). The number of carbonyl (C=O) groups excluding carboxylic acids is 1. The number of piperidine rings is 1. The molecule has 0 spiro atoms. The van der Waals surface area contributed by atoms with Crippen LogP contribution in [0.4, 0.5) is 13.2 Å². The fraction of sp³-hybridized carbons (Fsp3) is 0.818. The van der Waals surface area contributed by atoms with Gasteiger partial charge in [0.1, 0.15) is 6.61 Å². The van der Waals surface area contributed by atoms with E-state index in [2.05, 4.69) is 10.8 Å². The third-order valence-corrected chi connectivity index (χ3v) is 2.68. The summed E-state index contributed by atoms with van der Waals surface area (Å²) in [5.74, 6) is -0.420. The van der Waals surface area contributed by atoms with Gasteiger partial charge in [0.05, 0.1) is 25.0 Å². The fourth-order valence-corrected chi connectivity index (χ4v) is 1.81. The number of rotatable bonds is 4. The molecule has 1 saturated heterocycles. The smallest absolute Gasteiger partial charge is 0.372 e. The Kier molecular flexibility index (Phi) is 5.41. The molecule has 0 aliphatic carbocycles. The second kappa shape index (κ2) is 6.59. The van der Waals surface area contributed by atoms with E-state index in [4.69, 9.17) is 5.26 Å². The van der Waals surface area contributed by atoms with Crippen LogP contribution in [0.3, 0.4) is 0 Å². The number of halogens is 3. The molecule has 0 saturated carbocycles. The van der Waals surface area contributed by atoms with Gasteiger partial charge in [-0.05, 0) is 12.8 Å². The van der Waals surface area contributed by atoms with Crippen LogP contribution in [0.25, 0.3) is 0 Å². The normalized spacial score (nSPS) is 20.6. The van der Waals surface area contributed by atoms with E-state index in [0.717, 1.165) is 12.8 Å². The van der Waals surface area contributed by atoms with Gasteiger partial charge in [0.2, 0.25) is 5.91 Å². The second-order valence-corrected chi connectivity index (χ2v) is 4.23. The first-order chi connectivity index (χ1) is 8.42. The predicted octanol–water partition coefficient (Wildman–Crippen LogP) is 1.72. The number of hydrogen-bond acceptors (Lipinski definition) is 3. The molecule has 1 heterocycles. The Labute approximate surface area is 103 Å². The number of carbonyl (C=O) groups is 1. The van der Waals surface area contributed by atoms with E-state index in [1.54, 1.807) is 0 Å². The standard InChI is InChI=1S/C11H15F3N2O2/c12-11(13,14)8-18-5-3-10(17)16-4-1-2-9(6-15)7-16/h9H,1-5,7-8H2. The first-order valence-corrected chi connectivity index (χ1v) is 5.74. The third-order valence-electron chi connectivity index (χ3n) is 2.68. The third kappa shape index (κ3) is 5.36. The Bertz CT molecular complexity index is 325. The summed E-state index contributed by atoms with van der Waals surface area (Å²) >= 11 is 0. The number of ether oxygens (including phenoxy) is 1. The highest BCUT2D eigenvalue weighted by atomic mass is 19.4. The maximum atomic E-state index is 11.8. The summed E-state index contributed by atoms with van der Waals surface area (Å²) in [4.78, 5) is 13.2. The SMILES string of the molecule is N#CC1CCCN(C(=O)CCOCC(F)(F)F)C1. The zero-order valence-electron chi connectivity index (χ0n) is 9.87. The lowest BCUT2D eigenvalue weighted by molar-refractivity contribution is -0.175. The summed E-state index contributed by atoms with van der Waals surface area (Å²) in [6.07, 6.45) is -2.91. The van der Waals surface area contributed by atoms with Gasteiger partial charge in [-0.2, -0.15) is 18.4 Å². The zero-order valence-corrected chi connectivity index (χ0v) is 9.87. The lowest BCUT2D eigenvalue weighted by Gasteiger charge is -2.29. The Balaban J connectivity index is 2.22. The minimum atomic E-state index is -4.36. The number of nitriles is 1. The van der Waals surface area contributed by atoms with E-state index in [0.29, 0.717) is 13.1 Å². The molecule has 1 amide bonds. The van der Waals surface area contributed by atoms with Crippen molar-refractivity contribution in [1.29, 1.82) is 5.26 Å². The maximum Gasteiger partial charge on any atom is 0.411 e. The maximum absolute atomic E-state index is 11.8. The minimum absolute atomic E-state index is 0.0752. The van der Waals surface area contributed by atoms with Gasteiger partial charge < -0.3 is 9.64 Å². The topological polar surface area (TPSA) is 53.3 Å². The van der Waals surface area contributed by atoms with Gasteiger partial charge in [-0.25, -0.2) is 0 Å². The monoisotopic (exact) mass is 264 g/mol. The highest BCUT2D eigenvalue weighted by molar-refractivity contribution is 5.76. The summed E-state index contributed by atoms with van der Waals surface area (Å²) < 4.78 is 39.7. The molecule has 1 fully saturated rings. The van der Waals surface area contributed by atoms with Gasteiger partial charge in [0.25, 0.3) is 0 Å². The van der Waals surface area contributed by atoms with Gasteiger partial charge in [0.15, 0.2) is 0 Å². The van der Waals surface area contributed by atoms with E-state index in [-0.39, 0.29) is 24.9 Å². The molecule has 18 heavy (non-hydrogen) atoms. The Morgan fingerprint density at radius 1 is 1.50 bits per heavy atom. The van der Waals surface area contributed by atoms with Gasteiger partial charge in [0, 0.05) is 13.1 Å². The molecule has 0 aromatic heterocycles. The van der Waals surface area contributed by atoms with Crippen LogP contribution in [0.2, 0.25) is 0 Å². The first kappa shape index (κ1) is 14.8. The molecule has 0 N–H and O–H groups in total. The van der Waals surface area contributed by atoms with Gasteiger partial charge in [-0.15, -0.1) is 0 Å². The number of likely N-dealkylation sites (tertiary alicyclic amines) is 1. The molecular formula is C11H15F3N2O2. The summed E-state index contributed by atoms with van der Waals surface area (Å²) in [5, 5.41) is 8.76. The molecule has 1 aliphatic heterocycles. The number of nitrogens with zero attached hydrogens (tertiary/aromatic N) is 2. The van der Waals surface area contributed by atoms with Crippen molar-refractivity contribution in [2.24, 2.45) is 5.92 Å². The lowest BCUT2D eigenvalue weighted by Crippen LogP contribution is -2.40. The molecule has 1 unspecified atom stereocenters. The molecule has 4 nitrogen and oxygen atoms in total. The van der Waals surface area contributed by atoms with Gasteiger partial charge in [-0.3, -0.25) is 4.79 Å². The van der Waals surface area contributed by atoms with Crippen molar-refractivity contribution in [3.05, 3.63) is 0 Å². The van der Waals surface area contributed by atoms with Crippen LogP contribution in [0.15, 0.2) is 0 Å². The van der Waals surface area contributed by atoms with Crippen LogP contribution in [0.1, 0.15) is 19.3 Å². The van der Waals surface area contributed by atoms with Crippen LogP contribution in [-0.2, 0) is 9.53 Å². The van der Waals surface area contributed by atoms with E-state index in [1.165, 1.54) is 4.90 Å². The number of alkyl halides is 3. The molecule has 0 aromatic carbocycles. The van der Waals surface area contributed by atoms with Crippen LogP contribution >= 0.6 is 0 Å². The van der Waals surface area contributed by atoms with Crippen LogP contribution in [0.5, 0.6) is 0 Å². The van der Waals surface area contributed by atoms with E-state index >= 15 is 0 Å². The van der Waals surface area contributed by atoms with Crippen molar-refractivity contribution in [2.45, 2.75) is 25.4 Å². The highest BCUT2D eigenvalue weighted by Gasteiger charge is 2.28. The molecular weight excluding hydrogens is 249 g/mol. The molecule has 0 bridgehead atoms. The van der Waals surface area contributed by atoms with Crippen LogP contribution in [-0.4, -0.2) is 43.3 Å². The van der Waals surface area contributed by atoms with E-state index in [9.17, 15) is 18.0 Å². The zero-order chi connectivity index (χ0) is 13.6. The van der Waals surface area contributed by atoms with Crippen molar-refractivity contribution in [3.8, 4) is 6.07 Å². The average molecular weight is 264 g/mol. The lowest BCUT2D eigenvalue weighted by atomic mass is 9.99. The molecule has 7 heteroatoms. The van der Waals surface area contributed by atoms with Gasteiger partial charge >= 0.3 is 6.18 Å². The van der Waals surface area contributed by atoms with Crippen LogP contribution < -0.4 is 0 Å². The van der Waals surface area contributed by atoms with Crippen LogP contribution in [0, 0.1) is 17.2 Å². The average Bonchev–Trinajstić information content (AvgIpc) is 2.33. The minimum Gasteiger partial charge on any atom is -0.372 e. The second-order valence-electron chi connectivity index (χ2n) is 4.23. The Hall–Kier alpha value is -1.29. The number of amides is 1. The number of hydrogen-bond donors (Lipinski definition) is 0. The predicted molar refractivity (Wildman–Crippen MR) is 56.4 cm³/mol. The first-order valence-electron chi connectivity index (χ1n) is 5.74. The highest BCUT2D eigenvalue weighted by Crippen LogP contribution is 2.17. The quantitative estimate of drug-likeness (QED) is 0.726. The summed E-state index contributed by atoms with van der Waals surface area (Å²) in [6.45, 7) is -0.641. The van der Waals surface area contributed by atoms with Gasteiger partial charge in [-0.1, -0.05) is 0 Å². The summed E-state index contributed by atoms with van der Waals surface area (Å²) in [6, 6.07) is 2.10. The molecule has 102 valence electrons. The van der Waals surface area contributed by atoms with E-state index < -0.39 is 12.8 Å². The summed E-state index contributed by atoms with van der Waals surface area (Å²) in [5.41, 5.74) is 0. The Morgan fingerprint density at radius 2 is 2.22 bits per heavy atom. The van der Waals surface area contributed by atoms with E-state index in [1.807, 2.05) is 0 Å². The van der Waals surface area contributed by atoms with Crippen molar-refractivity contribution in [3.63, 3.8) is 0 Å². The van der Waals surface area contributed by atoms with Crippen molar-refractivity contribution < 1.29 is 22.7 Å². The fourth-order valence-electron chi connectivity index (χ4n) is 1.81. The molecule has 1 atom stereocenters. The molecule has 0 radical (unpaired) electrons. The Morgan fingerprint density at radius 3 is 2.83 bits per heavy atom. The summed E-state index contributed by atoms with van der Waals surface area (Å²) in [7, 11) is 0. The molecule has 1 aliphatic rings.